The molecule has 2 atom stereocenters. The number of aliphatic carboxylic acids is 1. The van der Waals surface area contributed by atoms with E-state index in [1.54, 1.807) is 0 Å². The highest BCUT2D eigenvalue weighted by molar-refractivity contribution is 5.78. The van der Waals surface area contributed by atoms with Gasteiger partial charge in [0.05, 0.1) is 0 Å². The van der Waals surface area contributed by atoms with Crippen LogP contribution in [0.3, 0.4) is 0 Å². The zero-order valence-corrected chi connectivity index (χ0v) is 6.84. The van der Waals surface area contributed by atoms with Gasteiger partial charge in [-0.15, -0.1) is 0 Å². The van der Waals surface area contributed by atoms with Crippen molar-refractivity contribution < 1.29 is 9.90 Å². The van der Waals surface area contributed by atoms with E-state index in [0.29, 0.717) is 18.8 Å². The maximum Gasteiger partial charge on any atom is 0.323 e. The first-order valence-corrected chi connectivity index (χ1v) is 4.07. The van der Waals surface area contributed by atoms with Gasteiger partial charge < -0.3 is 10.8 Å². The second-order valence-electron chi connectivity index (χ2n) is 3.66. The Kier molecular flexibility index (Phi) is 2.18. The molecule has 0 aliphatic heterocycles. The van der Waals surface area contributed by atoms with Gasteiger partial charge in [0.1, 0.15) is 5.54 Å². The summed E-state index contributed by atoms with van der Waals surface area (Å²) in [4.78, 5) is 10.7. The van der Waals surface area contributed by atoms with E-state index in [1.165, 1.54) is 0 Å². The molecule has 1 aliphatic rings. The Bertz CT molecular complexity index is 169. The molecule has 1 fully saturated rings. The summed E-state index contributed by atoms with van der Waals surface area (Å²) in [5, 5.41) is 8.79. The van der Waals surface area contributed by atoms with Gasteiger partial charge in [-0.2, -0.15) is 0 Å². The zero-order valence-electron chi connectivity index (χ0n) is 6.84. The molecule has 0 amide bonds. The molecule has 0 heterocycles. The largest absolute Gasteiger partial charge is 0.480 e. The van der Waals surface area contributed by atoms with E-state index in [4.69, 9.17) is 10.8 Å². The Morgan fingerprint density at radius 3 is 2.73 bits per heavy atom. The van der Waals surface area contributed by atoms with Gasteiger partial charge in [-0.1, -0.05) is 19.8 Å². The highest BCUT2D eigenvalue weighted by Crippen LogP contribution is 2.30. The number of carboxylic acids is 1. The average Bonchev–Trinajstić information content (AvgIpc) is 1.86. The summed E-state index contributed by atoms with van der Waals surface area (Å²) < 4.78 is 0. The van der Waals surface area contributed by atoms with E-state index >= 15 is 0 Å². The lowest BCUT2D eigenvalue weighted by Crippen LogP contribution is -2.50. The van der Waals surface area contributed by atoms with E-state index in [-0.39, 0.29) is 0 Å². The minimum absolute atomic E-state index is 0.463. The van der Waals surface area contributed by atoms with Gasteiger partial charge in [-0.25, -0.2) is 0 Å². The molecule has 0 radical (unpaired) electrons. The third-order valence-corrected chi connectivity index (χ3v) is 2.46. The summed E-state index contributed by atoms with van der Waals surface area (Å²) in [7, 11) is 0. The van der Waals surface area contributed by atoms with Crippen molar-refractivity contribution in [3.63, 3.8) is 0 Å². The van der Waals surface area contributed by atoms with Crippen LogP contribution in [0.15, 0.2) is 0 Å². The molecule has 0 aromatic carbocycles. The number of nitrogens with two attached hydrogens (primary N) is 1. The van der Waals surface area contributed by atoms with Crippen molar-refractivity contribution in [1.29, 1.82) is 0 Å². The van der Waals surface area contributed by atoms with Crippen LogP contribution in [0.25, 0.3) is 0 Å². The van der Waals surface area contributed by atoms with E-state index in [1.807, 2.05) is 0 Å². The van der Waals surface area contributed by atoms with Crippen LogP contribution in [0.4, 0.5) is 0 Å². The molecule has 1 saturated carbocycles. The number of rotatable bonds is 1. The van der Waals surface area contributed by atoms with Crippen LogP contribution in [0.5, 0.6) is 0 Å². The molecule has 0 saturated heterocycles. The molecule has 3 heteroatoms. The molecule has 64 valence electrons. The van der Waals surface area contributed by atoms with Crippen LogP contribution in [0, 0.1) is 5.92 Å². The molecule has 0 spiro atoms. The van der Waals surface area contributed by atoms with Crippen molar-refractivity contribution in [2.45, 2.75) is 38.1 Å². The molecule has 0 bridgehead atoms. The maximum atomic E-state index is 10.7. The van der Waals surface area contributed by atoms with Crippen molar-refractivity contribution >= 4 is 5.97 Å². The summed E-state index contributed by atoms with van der Waals surface area (Å²) >= 11 is 0. The van der Waals surface area contributed by atoms with Crippen molar-refractivity contribution in [3.05, 3.63) is 0 Å². The third-order valence-electron chi connectivity index (χ3n) is 2.46. The third kappa shape index (κ3) is 1.71. The van der Waals surface area contributed by atoms with Crippen LogP contribution in [-0.4, -0.2) is 16.6 Å². The zero-order chi connectivity index (χ0) is 8.48. The van der Waals surface area contributed by atoms with Crippen molar-refractivity contribution in [2.24, 2.45) is 11.7 Å². The quantitative estimate of drug-likeness (QED) is 0.596. The fourth-order valence-corrected chi connectivity index (χ4v) is 1.79. The van der Waals surface area contributed by atoms with Crippen LogP contribution in [0.1, 0.15) is 32.6 Å². The lowest BCUT2D eigenvalue weighted by atomic mass is 9.77. The molecular formula is C8H15NO2. The first-order chi connectivity index (χ1) is 5.04. The van der Waals surface area contributed by atoms with Crippen molar-refractivity contribution in [2.75, 3.05) is 0 Å². The predicted octanol–water partition coefficient (Wildman–Crippen LogP) is 0.979. The Hall–Kier alpha value is -0.570. The molecule has 3 nitrogen and oxygen atoms in total. The average molecular weight is 157 g/mol. The van der Waals surface area contributed by atoms with Crippen LogP contribution >= 0.6 is 0 Å². The fraction of sp³-hybridized carbons (Fsp3) is 0.875. The lowest BCUT2D eigenvalue weighted by Gasteiger charge is -2.32. The highest BCUT2D eigenvalue weighted by Gasteiger charge is 2.37. The lowest BCUT2D eigenvalue weighted by molar-refractivity contribution is -0.145. The van der Waals surface area contributed by atoms with Gasteiger partial charge in [0.15, 0.2) is 0 Å². The second kappa shape index (κ2) is 2.81. The SMILES string of the molecule is C[C@H]1CCC[C@@](N)(C(=O)O)C1. The van der Waals surface area contributed by atoms with Crippen LogP contribution in [-0.2, 0) is 4.79 Å². The van der Waals surface area contributed by atoms with Crippen LogP contribution in [0.2, 0.25) is 0 Å². The van der Waals surface area contributed by atoms with Crippen LogP contribution < -0.4 is 5.73 Å². The second-order valence-corrected chi connectivity index (χ2v) is 3.66. The normalized spacial score (nSPS) is 38.5. The van der Waals surface area contributed by atoms with Gasteiger partial charge >= 0.3 is 5.97 Å². The first kappa shape index (κ1) is 8.53. The molecule has 0 unspecified atom stereocenters. The minimum Gasteiger partial charge on any atom is -0.480 e. The Labute approximate surface area is 66.6 Å². The van der Waals surface area contributed by atoms with E-state index < -0.39 is 11.5 Å². The number of carbonyl (C=O) groups is 1. The number of hydrogen-bond acceptors (Lipinski definition) is 2. The Morgan fingerprint density at radius 1 is 1.73 bits per heavy atom. The topological polar surface area (TPSA) is 63.3 Å². The Morgan fingerprint density at radius 2 is 2.36 bits per heavy atom. The van der Waals surface area contributed by atoms with E-state index in [9.17, 15) is 4.79 Å². The van der Waals surface area contributed by atoms with Gasteiger partial charge in [0.2, 0.25) is 0 Å². The predicted molar refractivity (Wildman–Crippen MR) is 42.2 cm³/mol. The molecule has 0 aromatic rings. The molecule has 11 heavy (non-hydrogen) atoms. The fourth-order valence-electron chi connectivity index (χ4n) is 1.79. The van der Waals surface area contributed by atoms with Crippen molar-refractivity contribution in [1.82, 2.24) is 0 Å². The molecular weight excluding hydrogens is 142 g/mol. The Balaban J connectivity index is 2.63. The summed E-state index contributed by atoms with van der Waals surface area (Å²) in [5.41, 5.74) is 4.76. The monoisotopic (exact) mass is 157 g/mol. The van der Waals surface area contributed by atoms with E-state index in [0.717, 1.165) is 12.8 Å². The minimum atomic E-state index is -0.933. The standard InChI is InChI=1S/C8H15NO2/c1-6-3-2-4-8(9,5-6)7(10)11/h6H,2-5,9H2,1H3,(H,10,11)/t6-,8-/m0/s1. The maximum absolute atomic E-state index is 10.7. The van der Waals surface area contributed by atoms with Gasteiger partial charge in [0.25, 0.3) is 0 Å². The van der Waals surface area contributed by atoms with Crippen molar-refractivity contribution in [3.8, 4) is 0 Å². The first-order valence-electron chi connectivity index (χ1n) is 4.07. The molecule has 0 aromatic heterocycles. The number of hydrogen-bond donors (Lipinski definition) is 2. The van der Waals surface area contributed by atoms with E-state index in [2.05, 4.69) is 6.92 Å². The molecule has 1 aliphatic carbocycles. The smallest absolute Gasteiger partial charge is 0.323 e. The van der Waals surface area contributed by atoms with Gasteiger partial charge in [-0.3, -0.25) is 4.79 Å². The van der Waals surface area contributed by atoms with Gasteiger partial charge in [0, 0.05) is 0 Å². The molecule has 1 rings (SSSR count). The summed E-state index contributed by atoms with van der Waals surface area (Å²) in [6.45, 7) is 2.06. The van der Waals surface area contributed by atoms with Gasteiger partial charge in [-0.05, 0) is 18.8 Å². The number of carboxylic acid groups (broad SMARTS) is 1. The molecule has 3 N–H and O–H groups in total. The highest BCUT2D eigenvalue weighted by atomic mass is 16.4. The summed E-state index contributed by atoms with van der Waals surface area (Å²) in [6.07, 6.45) is 3.32. The summed E-state index contributed by atoms with van der Waals surface area (Å²) in [6, 6.07) is 0. The summed E-state index contributed by atoms with van der Waals surface area (Å²) in [5.74, 6) is -0.381.